The highest BCUT2D eigenvalue weighted by Gasteiger charge is 2.10. The van der Waals surface area contributed by atoms with Crippen molar-refractivity contribution in [3.8, 4) is 0 Å². The maximum absolute atomic E-state index is 5.81. The minimum Gasteiger partial charge on any atom is -0.397 e. The van der Waals surface area contributed by atoms with Crippen molar-refractivity contribution in [2.45, 2.75) is 26.3 Å². The van der Waals surface area contributed by atoms with E-state index in [4.69, 9.17) is 5.73 Å². The van der Waals surface area contributed by atoms with Gasteiger partial charge in [0.2, 0.25) is 0 Å². The van der Waals surface area contributed by atoms with E-state index in [1.807, 2.05) is 18.2 Å². The lowest BCUT2D eigenvalue weighted by Crippen LogP contribution is -2.26. The van der Waals surface area contributed by atoms with E-state index in [9.17, 15) is 0 Å². The second-order valence-corrected chi connectivity index (χ2v) is 5.02. The van der Waals surface area contributed by atoms with Crippen LogP contribution in [0.1, 0.15) is 20.8 Å². The van der Waals surface area contributed by atoms with E-state index in [0.29, 0.717) is 0 Å². The second-order valence-electron chi connectivity index (χ2n) is 4.11. The van der Waals surface area contributed by atoms with Crippen LogP contribution < -0.4 is 11.1 Å². The number of hydrogen-bond donors (Lipinski definition) is 2. The molecule has 0 saturated heterocycles. The van der Waals surface area contributed by atoms with E-state index >= 15 is 0 Å². The smallest absolute Gasteiger partial charge is 0.0589 e. The van der Waals surface area contributed by atoms with Crippen molar-refractivity contribution in [3.05, 3.63) is 22.7 Å². The zero-order valence-electron chi connectivity index (χ0n) is 8.19. The fraction of sp³-hybridized carbons (Fsp3) is 0.400. The number of nitrogens with two attached hydrogens (primary N) is 1. The summed E-state index contributed by atoms with van der Waals surface area (Å²) < 4.78 is 1.04. The highest BCUT2D eigenvalue weighted by atomic mass is 79.9. The molecule has 2 nitrogen and oxygen atoms in total. The van der Waals surface area contributed by atoms with Gasteiger partial charge in [-0.15, -0.1) is 0 Å². The fourth-order valence-electron chi connectivity index (χ4n) is 1.04. The molecule has 13 heavy (non-hydrogen) atoms. The second kappa shape index (κ2) is 3.58. The standard InChI is InChI=1S/C10H15BrN2/c1-10(2,3)13-9-6-7(11)4-5-8(9)12/h4-6,13H,12H2,1-3H3. The molecule has 3 N–H and O–H groups in total. The normalized spacial score (nSPS) is 11.4. The van der Waals surface area contributed by atoms with Crippen molar-refractivity contribution in [2.75, 3.05) is 11.1 Å². The van der Waals surface area contributed by atoms with Crippen molar-refractivity contribution >= 4 is 27.3 Å². The van der Waals surface area contributed by atoms with Gasteiger partial charge in [0.25, 0.3) is 0 Å². The summed E-state index contributed by atoms with van der Waals surface area (Å²) in [5.74, 6) is 0. The van der Waals surface area contributed by atoms with Crippen molar-refractivity contribution in [1.29, 1.82) is 0 Å². The Hall–Kier alpha value is -0.700. The van der Waals surface area contributed by atoms with Gasteiger partial charge in [-0.3, -0.25) is 0 Å². The average Bonchev–Trinajstić information content (AvgIpc) is 1.94. The minimum absolute atomic E-state index is 0.0366. The fourth-order valence-corrected chi connectivity index (χ4v) is 1.40. The van der Waals surface area contributed by atoms with Gasteiger partial charge in [-0.05, 0) is 39.0 Å². The van der Waals surface area contributed by atoms with Crippen LogP contribution in [0.15, 0.2) is 22.7 Å². The van der Waals surface area contributed by atoms with Crippen molar-refractivity contribution in [3.63, 3.8) is 0 Å². The van der Waals surface area contributed by atoms with Crippen LogP contribution in [0.25, 0.3) is 0 Å². The van der Waals surface area contributed by atoms with Crippen LogP contribution in [-0.4, -0.2) is 5.54 Å². The number of halogens is 1. The highest BCUT2D eigenvalue weighted by molar-refractivity contribution is 9.10. The van der Waals surface area contributed by atoms with Gasteiger partial charge in [0.1, 0.15) is 0 Å². The Morgan fingerprint density at radius 3 is 2.46 bits per heavy atom. The molecule has 0 amide bonds. The third-order valence-electron chi connectivity index (χ3n) is 1.53. The first-order valence-corrected chi connectivity index (χ1v) is 5.01. The molecule has 3 heteroatoms. The van der Waals surface area contributed by atoms with Crippen LogP contribution in [-0.2, 0) is 0 Å². The number of hydrogen-bond acceptors (Lipinski definition) is 2. The Kier molecular flexibility index (Phi) is 2.86. The number of benzene rings is 1. The molecule has 1 aromatic rings. The molecule has 0 aromatic heterocycles. The van der Waals surface area contributed by atoms with Gasteiger partial charge in [0, 0.05) is 10.0 Å². The van der Waals surface area contributed by atoms with Gasteiger partial charge in [-0.25, -0.2) is 0 Å². The Balaban J connectivity index is 2.94. The first-order valence-electron chi connectivity index (χ1n) is 4.22. The van der Waals surface area contributed by atoms with Crippen molar-refractivity contribution in [2.24, 2.45) is 0 Å². The minimum atomic E-state index is 0.0366. The van der Waals surface area contributed by atoms with Crippen LogP contribution in [0.5, 0.6) is 0 Å². The summed E-state index contributed by atoms with van der Waals surface area (Å²) in [7, 11) is 0. The van der Waals surface area contributed by atoms with E-state index in [1.165, 1.54) is 0 Å². The SMILES string of the molecule is CC(C)(C)Nc1cc(Br)ccc1N. The predicted molar refractivity (Wildman–Crippen MR) is 61.9 cm³/mol. The van der Waals surface area contributed by atoms with Gasteiger partial charge < -0.3 is 11.1 Å². The monoisotopic (exact) mass is 242 g/mol. The summed E-state index contributed by atoms with van der Waals surface area (Å²) in [6.45, 7) is 6.31. The molecule has 0 heterocycles. The Bertz CT molecular complexity index is 302. The molecule has 1 rings (SSSR count). The maximum Gasteiger partial charge on any atom is 0.0589 e. The van der Waals surface area contributed by atoms with E-state index in [-0.39, 0.29) is 5.54 Å². The summed E-state index contributed by atoms with van der Waals surface area (Å²) in [6, 6.07) is 5.81. The van der Waals surface area contributed by atoms with Gasteiger partial charge in [-0.2, -0.15) is 0 Å². The molecule has 0 unspecified atom stereocenters. The molecule has 0 bridgehead atoms. The third kappa shape index (κ3) is 3.27. The number of nitrogens with one attached hydrogen (secondary N) is 1. The van der Waals surface area contributed by atoms with Gasteiger partial charge >= 0.3 is 0 Å². The predicted octanol–water partition coefficient (Wildman–Crippen LogP) is 3.24. The molecular formula is C10H15BrN2. The molecule has 0 spiro atoms. The Morgan fingerprint density at radius 2 is 1.92 bits per heavy atom. The Morgan fingerprint density at radius 1 is 1.31 bits per heavy atom. The van der Waals surface area contributed by atoms with Gasteiger partial charge in [0.05, 0.1) is 11.4 Å². The summed E-state index contributed by atoms with van der Waals surface area (Å²) >= 11 is 3.41. The lowest BCUT2D eigenvalue weighted by atomic mass is 10.1. The van der Waals surface area contributed by atoms with Crippen LogP contribution >= 0.6 is 15.9 Å². The van der Waals surface area contributed by atoms with E-state index in [2.05, 4.69) is 42.0 Å². The molecule has 0 aliphatic rings. The molecule has 0 aliphatic heterocycles. The Labute approximate surface area is 87.6 Å². The zero-order valence-corrected chi connectivity index (χ0v) is 9.77. The van der Waals surface area contributed by atoms with E-state index in [1.54, 1.807) is 0 Å². The van der Waals surface area contributed by atoms with Crippen LogP contribution in [0.4, 0.5) is 11.4 Å². The maximum atomic E-state index is 5.81. The van der Waals surface area contributed by atoms with Crippen LogP contribution in [0.3, 0.4) is 0 Å². The molecule has 0 fully saturated rings. The first-order chi connectivity index (χ1) is 5.88. The summed E-state index contributed by atoms with van der Waals surface area (Å²) in [5, 5.41) is 3.34. The van der Waals surface area contributed by atoms with Gasteiger partial charge in [0.15, 0.2) is 0 Å². The molecular weight excluding hydrogens is 228 g/mol. The number of nitrogen functional groups attached to an aromatic ring is 1. The largest absolute Gasteiger partial charge is 0.397 e. The van der Waals surface area contributed by atoms with Crippen molar-refractivity contribution < 1.29 is 0 Å². The highest BCUT2D eigenvalue weighted by Crippen LogP contribution is 2.25. The summed E-state index contributed by atoms with van der Waals surface area (Å²) in [5.41, 5.74) is 7.60. The lowest BCUT2D eigenvalue weighted by molar-refractivity contribution is 0.634. The van der Waals surface area contributed by atoms with Crippen molar-refractivity contribution in [1.82, 2.24) is 0 Å². The lowest BCUT2D eigenvalue weighted by Gasteiger charge is -2.23. The molecule has 0 radical (unpaired) electrons. The molecule has 1 aromatic carbocycles. The van der Waals surface area contributed by atoms with Gasteiger partial charge in [-0.1, -0.05) is 15.9 Å². The molecule has 72 valence electrons. The zero-order chi connectivity index (χ0) is 10.1. The van der Waals surface area contributed by atoms with E-state index in [0.717, 1.165) is 15.8 Å². The van der Waals surface area contributed by atoms with Crippen LogP contribution in [0, 0.1) is 0 Å². The first kappa shape index (κ1) is 10.4. The molecule has 0 atom stereocenters. The summed E-state index contributed by atoms with van der Waals surface area (Å²) in [4.78, 5) is 0. The number of rotatable bonds is 1. The topological polar surface area (TPSA) is 38.0 Å². The average molecular weight is 243 g/mol. The number of anilines is 2. The molecule has 0 aliphatic carbocycles. The molecule has 0 saturated carbocycles. The quantitative estimate of drug-likeness (QED) is 0.743. The third-order valence-corrected chi connectivity index (χ3v) is 2.02. The van der Waals surface area contributed by atoms with Crippen LogP contribution in [0.2, 0.25) is 0 Å². The summed E-state index contributed by atoms with van der Waals surface area (Å²) in [6.07, 6.45) is 0. The van der Waals surface area contributed by atoms with E-state index < -0.39 is 0 Å².